The van der Waals surface area contributed by atoms with Crippen molar-refractivity contribution in [3.8, 4) is 22.3 Å². The number of nitrogens with zero attached hydrogens (tertiary/aromatic N) is 3. The third-order valence-electron chi connectivity index (χ3n) is 7.76. The predicted octanol–water partition coefficient (Wildman–Crippen LogP) is 9.30. The summed E-state index contributed by atoms with van der Waals surface area (Å²) in [7, 11) is 2.80. The van der Waals surface area contributed by atoms with Crippen LogP contribution in [0.25, 0.3) is 22.3 Å². The normalized spacial score (nSPS) is 11.0. The van der Waals surface area contributed by atoms with Crippen LogP contribution >= 0.6 is 23.7 Å². The van der Waals surface area contributed by atoms with Crippen LogP contribution in [-0.2, 0) is 27.4 Å². The van der Waals surface area contributed by atoms with Crippen LogP contribution in [-0.4, -0.2) is 40.3 Å². The van der Waals surface area contributed by atoms with Crippen molar-refractivity contribution in [3.63, 3.8) is 0 Å². The summed E-state index contributed by atoms with van der Waals surface area (Å²) < 4.78 is 11.9. The fourth-order valence-electron chi connectivity index (χ4n) is 5.20. The first-order chi connectivity index (χ1) is 23.0. The molecule has 0 atom stereocenters. The molecule has 0 radical (unpaired) electrons. The first-order valence-corrected chi connectivity index (χ1v) is 17.7. The van der Waals surface area contributed by atoms with E-state index in [1.165, 1.54) is 33.5 Å². The summed E-state index contributed by atoms with van der Waals surface area (Å²) in [5.41, 5.74) is 7.03. The zero-order chi connectivity index (χ0) is 33.0. The van der Waals surface area contributed by atoms with E-state index in [0.29, 0.717) is 11.1 Å². The van der Waals surface area contributed by atoms with Gasteiger partial charge in [-0.25, -0.2) is 14.6 Å². The molecule has 0 aliphatic rings. The van der Waals surface area contributed by atoms with Gasteiger partial charge in [0.2, 0.25) is 0 Å². The molecule has 0 unspecified atom stereocenters. The van der Waals surface area contributed by atoms with E-state index in [1.807, 2.05) is 64.8 Å². The molecule has 242 valence electrons. The zero-order valence-corrected chi connectivity index (χ0v) is 28.6. The molecule has 0 N–H and O–H groups in total. The summed E-state index contributed by atoms with van der Waals surface area (Å²) in [6.45, 7) is 2.22. The molecular formula is C38H39N3O4S2. The molecule has 0 spiro atoms. The van der Waals surface area contributed by atoms with Gasteiger partial charge in [-0.15, -0.1) is 5.10 Å². The first-order valence-electron chi connectivity index (χ1n) is 15.8. The van der Waals surface area contributed by atoms with Gasteiger partial charge in [-0.05, 0) is 63.9 Å². The number of unbranched alkanes of at least 4 members (excludes halogenated alkanes) is 3. The number of hydrogen-bond donors (Lipinski definition) is 0. The van der Waals surface area contributed by atoms with E-state index in [1.54, 1.807) is 35.8 Å². The second-order valence-electron chi connectivity index (χ2n) is 11.0. The van der Waals surface area contributed by atoms with Gasteiger partial charge in [-0.1, -0.05) is 123 Å². The topological polar surface area (TPSA) is 83.3 Å². The molecule has 5 aromatic rings. The number of esters is 2. The summed E-state index contributed by atoms with van der Waals surface area (Å²) >= 11 is 3.29. The van der Waals surface area contributed by atoms with E-state index >= 15 is 0 Å². The predicted molar refractivity (Wildman–Crippen MR) is 191 cm³/mol. The maximum atomic E-state index is 12.3. The van der Waals surface area contributed by atoms with Crippen molar-refractivity contribution in [2.75, 3.05) is 14.2 Å². The van der Waals surface area contributed by atoms with Gasteiger partial charge in [-0.3, -0.25) is 0 Å². The fourth-order valence-corrected chi connectivity index (χ4v) is 7.09. The maximum Gasteiger partial charge on any atom is 0.338 e. The molecule has 4 aromatic carbocycles. The third-order valence-corrected chi connectivity index (χ3v) is 9.84. The molecule has 0 aliphatic heterocycles. The second kappa shape index (κ2) is 17.0. The van der Waals surface area contributed by atoms with E-state index < -0.39 is 0 Å². The standard InChI is InChI=1S/C38H39N3O4S2/c1-4-5-6-7-16-35-39-38(46-25-27-17-21-29(22-18-27)31-12-8-10-14-33(31)36(42)44-2)41(40-35)47-26-28-19-23-30(24-20-28)32-13-9-11-15-34(32)37(43)45-3/h8-15,17-24H,4-7,16,25-26H2,1-3H3. The van der Waals surface area contributed by atoms with Gasteiger partial charge in [-0.2, -0.15) is 4.09 Å². The van der Waals surface area contributed by atoms with Gasteiger partial charge >= 0.3 is 11.9 Å². The summed E-state index contributed by atoms with van der Waals surface area (Å²) in [6.07, 6.45) is 5.53. The highest BCUT2D eigenvalue weighted by atomic mass is 32.2. The molecule has 7 nitrogen and oxygen atoms in total. The Balaban J connectivity index is 1.27. The number of methoxy groups -OCH3 is 2. The van der Waals surface area contributed by atoms with Gasteiger partial charge in [0.25, 0.3) is 0 Å². The van der Waals surface area contributed by atoms with Crippen LogP contribution < -0.4 is 0 Å². The van der Waals surface area contributed by atoms with E-state index in [2.05, 4.69) is 31.2 Å². The Morgan fingerprint density at radius 3 is 1.74 bits per heavy atom. The van der Waals surface area contributed by atoms with Crippen molar-refractivity contribution in [1.82, 2.24) is 14.2 Å². The number of benzene rings is 4. The van der Waals surface area contributed by atoms with Crippen LogP contribution in [0.4, 0.5) is 0 Å². The monoisotopic (exact) mass is 665 g/mol. The van der Waals surface area contributed by atoms with Crippen LogP contribution in [0.5, 0.6) is 0 Å². The first kappa shape index (κ1) is 34.0. The van der Waals surface area contributed by atoms with Crippen LogP contribution in [0, 0.1) is 0 Å². The molecule has 1 heterocycles. The third kappa shape index (κ3) is 8.93. The molecular weight excluding hydrogens is 627 g/mol. The lowest BCUT2D eigenvalue weighted by Crippen LogP contribution is -2.03. The maximum absolute atomic E-state index is 12.3. The van der Waals surface area contributed by atoms with E-state index in [9.17, 15) is 9.59 Å². The second-order valence-corrected chi connectivity index (χ2v) is 12.9. The lowest BCUT2D eigenvalue weighted by Gasteiger charge is -2.10. The van der Waals surface area contributed by atoms with Crippen LogP contribution in [0.15, 0.2) is 102 Å². The Labute approximate surface area is 285 Å². The zero-order valence-electron chi connectivity index (χ0n) is 27.0. The van der Waals surface area contributed by atoms with Gasteiger partial charge < -0.3 is 9.47 Å². The molecule has 1 aromatic heterocycles. The number of aromatic nitrogens is 3. The Bertz CT molecular complexity index is 1660. The number of carbonyl (C=O) groups excluding carboxylic acids is 2. The van der Waals surface area contributed by atoms with Crippen LogP contribution in [0.2, 0.25) is 0 Å². The van der Waals surface area contributed by atoms with E-state index in [-0.39, 0.29) is 11.9 Å². The lowest BCUT2D eigenvalue weighted by molar-refractivity contribution is 0.0592. The minimum Gasteiger partial charge on any atom is -0.465 e. The molecule has 9 heteroatoms. The van der Waals surface area contributed by atoms with Crippen molar-refractivity contribution in [2.45, 2.75) is 55.7 Å². The van der Waals surface area contributed by atoms with Gasteiger partial charge in [0.05, 0.1) is 25.3 Å². The molecule has 0 fully saturated rings. The smallest absolute Gasteiger partial charge is 0.338 e. The van der Waals surface area contributed by atoms with E-state index in [4.69, 9.17) is 19.6 Å². The summed E-state index contributed by atoms with van der Waals surface area (Å²) in [5.74, 6) is 1.64. The Morgan fingerprint density at radius 2 is 1.21 bits per heavy atom. The highest BCUT2D eigenvalue weighted by molar-refractivity contribution is 8.00. The summed E-state index contributed by atoms with van der Waals surface area (Å²) in [6, 6.07) is 31.5. The summed E-state index contributed by atoms with van der Waals surface area (Å²) in [4.78, 5) is 29.5. The number of aryl methyl sites for hydroxylation is 1. The molecule has 0 saturated heterocycles. The molecule has 47 heavy (non-hydrogen) atoms. The lowest BCUT2D eigenvalue weighted by atomic mass is 9.99. The van der Waals surface area contributed by atoms with Crippen molar-refractivity contribution >= 4 is 35.6 Å². The number of hydrogen-bond acceptors (Lipinski definition) is 8. The van der Waals surface area contributed by atoms with Crippen molar-refractivity contribution < 1.29 is 19.1 Å². The van der Waals surface area contributed by atoms with Crippen molar-refractivity contribution in [3.05, 3.63) is 125 Å². The van der Waals surface area contributed by atoms with Gasteiger partial charge in [0, 0.05) is 17.9 Å². The van der Waals surface area contributed by atoms with Gasteiger partial charge in [0.1, 0.15) is 0 Å². The van der Waals surface area contributed by atoms with Crippen LogP contribution in [0.3, 0.4) is 0 Å². The highest BCUT2D eigenvalue weighted by Crippen LogP contribution is 2.30. The van der Waals surface area contributed by atoms with E-state index in [0.717, 1.165) is 68.7 Å². The average Bonchev–Trinajstić information content (AvgIpc) is 3.53. The fraction of sp³-hybridized carbons (Fsp3) is 0.263. The molecule has 0 amide bonds. The van der Waals surface area contributed by atoms with Crippen molar-refractivity contribution in [1.29, 1.82) is 0 Å². The minimum atomic E-state index is -0.346. The Hall–Kier alpha value is -4.34. The highest BCUT2D eigenvalue weighted by Gasteiger charge is 2.16. The Morgan fingerprint density at radius 1 is 0.681 bits per heavy atom. The minimum absolute atomic E-state index is 0.345. The average molecular weight is 666 g/mol. The molecule has 0 aliphatic carbocycles. The molecule has 0 saturated carbocycles. The number of carbonyl (C=O) groups is 2. The number of thioether (sulfide) groups is 1. The molecule has 0 bridgehead atoms. The number of ether oxygens (including phenoxy) is 2. The van der Waals surface area contributed by atoms with Crippen LogP contribution in [0.1, 0.15) is 70.3 Å². The molecule has 5 rings (SSSR count). The Kier molecular flexibility index (Phi) is 12.3. The SMILES string of the molecule is CCCCCCc1nc(SCc2ccc(-c3ccccc3C(=O)OC)cc2)n(SCc2ccc(-c3ccccc3C(=O)OC)cc2)n1. The quantitative estimate of drug-likeness (QED) is 0.0622. The number of rotatable bonds is 15. The largest absolute Gasteiger partial charge is 0.465 e. The van der Waals surface area contributed by atoms with Crippen molar-refractivity contribution in [2.24, 2.45) is 0 Å². The van der Waals surface area contributed by atoms with Gasteiger partial charge in [0.15, 0.2) is 11.0 Å². The summed E-state index contributed by atoms with van der Waals surface area (Å²) in [5, 5.41) is 5.76.